The molecule has 0 heterocycles. The van der Waals surface area contributed by atoms with Gasteiger partial charge in [-0.15, -0.1) is 0 Å². The van der Waals surface area contributed by atoms with Gasteiger partial charge in [0, 0.05) is 19.2 Å². The largest absolute Gasteiger partial charge is 0.433 e. The van der Waals surface area contributed by atoms with Gasteiger partial charge in [0.05, 0.1) is 6.04 Å². The second-order valence-corrected chi connectivity index (χ2v) is 8.56. The van der Waals surface area contributed by atoms with Crippen LogP contribution in [0, 0.1) is 0 Å². The smallest absolute Gasteiger partial charge is 0.394 e. The fourth-order valence-corrected chi connectivity index (χ4v) is 3.65. The van der Waals surface area contributed by atoms with E-state index in [1.54, 1.807) is 17.0 Å². The van der Waals surface area contributed by atoms with Crippen molar-refractivity contribution in [3.63, 3.8) is 0 Å². The first kappa shape index (κ1) is 27.8. The number of allylic oxidation sites excluding steroid dienone is 5. The molecule has 1 unspecified atom stereocenters. The molecule has 1 atom stereocenters. The van der Waals surface area contributed by atoms with Crippen LogP contribution in [0.1, 0.15) is 58.2 Å². The van der Waals surface area contributed by atoms with Crippen molar-refractivity contribution >= 4 is 6.03 Å². The molecule has 0 aliphatic rings. The van der Waals surface area contributed by atoms with E-state index in [0.29, 0.717) is 19.9 Å². The Morgan fingerprint density at radius 3 is 2.26 bits per heavy atom. The molecule has 0 radical (unpaired) electrons. The number of amides is 2. The van der Waals surface area contributed by atoms with Gasteiger partial charge in [0.15, 0.2) is 0 Å². The highest BCUT2D eigenvalue weighted by Gasteiger charge is 2.23. The molecule has 6 heteroatoms. The van der Waals surface area contributed by atoms with Crippen molar-refractivity contribution < 1.29 is 18.3 Å². The summed E-state index contributed by atoms with van der Waals surface area (Å²) >= 11 is 0. The van der Waals surface area contributed by atoms with E-state index >= 15 is 0 Å². The third-order valence-corrected chi connectivity index (χ3v) is 5.67. The molecule has 188 valence electrons. The summed E-state index contributed by atoms with van der Waals surface area (Å²) in [5.74, 6) is 0.0765. The number of nitrogens with one attached hydrogen (secondary N) is 1. The fraction of sp³-hybridized carbons (Fsp3) is 0.345. The fourth-order valence-electron chi connectivity index (χ4n) is 3.65. The molecule has 0 spiro atoms. The topological polar surface area (TPSA) is 41.6 Å². The summed E-state index contributed by atoms with van der Waals surface area (Å²) in [6.07, 6.45) is 2.13. The second-order valence-electron chi connectivity index (χ2n) is 8.56. The molecule has 0 aliphatic heterocycles. The average molecular weight is 483 g/mol. The number of alkyl halides is 2. The summed E-state index contributed by atoms with van der Waals surface area (Å²) in [7, 11) is 0. The predicted octanol–water partition coefficient (Wildman–Crippen LogP) is 7.81. The quantitative estimate of drug-likeness (QED) is 0.332. The van der Waals surface area contributed by atoms with Crippen molar-refractivity contribution in [3.05, 3.63) is 101 Å². The molecule has 0 aromatic heterocycles. The number of rotatable bonds is 11. The van der Waals surface area contributed by atoms with Gasteiger partial charge < -0.3 is 10.1 Å². The van der Waals surface area contributed by atoms with Gasteiger partial charge in [0.2, 0.25) is 0 Å². The van der Waals surface area contributed by atoms with Crippen molar-refractivity contribution in [2.75, 3.05) is 6.54 Å². The molecule has 1 N–H and O–H groups in total. The Balaban J connectivity index is 2.07. The van der Waals surface area contributed by atoms with E-state index in [-0.39, 0.29) is 17.8 Å². The predicted molar refractivity (Wildman–Crippen MR) is 138 cm³/mol. The van der Waals surface area contributed by atoms with Crippen molar-refractivity contribution in [2.24, 2.45) is 0 Å². The average Bonchev–Trinajstić information content (AvgIpc) is 2.81. The third kappa shape index (κ3) is 9.04. The van der Waals surface area contributed by atoms with Crippen LogP contribution < -0.4 is 10.1 Å². The van der Waals surface area contributed by atoms with Crippen LogP contribution in [-0.2, 0) is 6.42 Å². The maximum atomic E-state index is 13.1. The van der Waals surface area contributed by atoms with Gasteiger partial charge in [-0.25, -0.2) is 4.79 Å². The SMILES string of the molecule is C=C(/C=C\C(C)=C(/C)N(CC)C(=O)NC(CC)c1ccc(OC(C)(F)F)cc1)Cc1ccccc1. The van der Waals surface area contributed by atoms with Crippen molar-refractivity contribution in [3.8, 4) is 5.75 Å². The van der Waals surface area contributed by atoms with Crippen LogP contribution >= 0.6 is 0 Å². The second kappa shape index (κ2) is 12.9. The maximum absolute atomic E-state index is 13.1. The zero-order valence-electron chi connectivity index (χ0n) is 21.3. The Bertz CT molecular complexity index is 1040. The minimum absolute atomic E-state index is 0.0765. The summed E-state index contributed by atoms with van der Waals surface area (Å²) in [4.78, 5) is 14.8. The summed E-state index contributed by atoms with van der Waals surface area (Å²) in [6, 6.07) is 16.0. The van der Waals surface area contributed by atoms with E-state index in [9.17, 15) is 13.6 Å². The third-order valence-electron chi connectivity index (χ3n) is 5.67. The van der Waals surface area contributed by atoms with Crippen molar-refractivity contribution in [1.29, 1.82) is 0 Å². The Kier molecular flexibility index (Phi) is 10.2. The number of carbonyl (C=O) groups is 1. The Morgan fingerprint density at radius 1 is 1.09 bits per heavy atom. The monoisotopic (exact) mass is 482 g/mol. The number of hydrogen-bond acceptors (Lipinski definition) is 2. The number of ether oxygens (including phenoxy) is 1. The van der Waals surface area contributed by atoms with Crippen LogP contribution in [-0.4, -0.2) is 23.6 Å². The number of hydrogen-bond donors (Lipinski definition) is 1. The molecule has 2 aromatic carbocycles. The van der Waals surface area contributed by atoms with Gasteiger partial charge in [-0.1, -0.05) is 73.7 Å². The van der Waals surface area contributed by atoms with E-state index < -0.39 is 6.11 Å². The molecule has 0 saturated carbocycles. The molecule has 0 aliphatic carbocycles. The molecular formula is C29H36F2N2O2. The zero-order valence-corrected chi connectivity index (χ0v) is 21.3. The Morgan fingerprint density at radius 2 is 1.71 bits per heavy atom. The molecule has 0 saturated heterocycles. The summed E-state index contributed by atoms with van der Waals surface area (Å²) in [6.45, 7) is 13.1. The van der Waals surface area contributed by atoms with Gasteiger partial charge in [0.1, 0.15) is 5.75 Å². The zero-order chi connectivity index (χ0) is 26.0. The molecule has 35 heavy (non-hydrogen) atoms. The van der Waals surface area contributed by atoms with E-state index in [4.69, 9.17) is 0 Å². The van der Waals surface area contributed by atoms with Crippen LogP contribution in [0.5, 0.6) is 5.75 Å². The van der Waals surface area contributed by atoms with Gasteiger partial charge in [-0.3, -0.25) is 4.90 Å². The van der Waals surface area contributed by atoms with E-state index in [2.05, 4.69) is 28.8 Å². The van der Waals surface area contributed by atoms with E-state index in [1.165, 1.54) is 17.7 Å². The number of benzene rings is 2. The van der Waals surface area contributed by atoms with E-state index in [1.807, 2.05) is 58.0 Å². The van der Waals surface area contributed by atoms with Crippen molar-refractivity contribution in [2.45, 2.75) is 59.6 Å². The summed E-state index contributed by atoms with van der Waals surface area (Å²) < 4.78 is 30.7. The minimum atomic E-state index is -3.24. The summed E-state index contributed by atoms with van der Waals surface area (Å²) in [5, 5.41) is 3.06. The molecule has 2 rings (SSSR count). The molecule has 2 aromatic rings. The maximum Gasteiger partial charge on any atom is 0.394 e. The summed E-state index contributed by atoms with van der Waals surface area (Å²) in [5.41, 5.74) is 4.81. The van der Waals surface area contributed by atoms with Crippen molar-refractivity contribution in [1.82, 2.24) is 10.2 Å². The van der Waals surface area contributed by atoms with Gasteiger partial charge in [-0.05, 0) is 62.4 Å². The normalized spacial score (nSPS) is 13.2. The molecule has 4 nitrogen and oxygen atoms in total. The van der Waals surface area contributed by atoms with Gasteiger partial charge in [0.25, 0.3) is 0 Å². The minimum Gasteiger partial charge on any atom is -0.433 e. The molecule has 0 bridgehead atoms. The Labute approximate surface area is 208 Å². The molecular weight excluding hydrogens is 446 g/mol. The lowest BCUT2D eigenvalue weighted by Crippen LogP contribution is -2.40. The standard InChI is InChI=1S/C29H36F2N2O2/c1-7-27(25-16-18-26(19-17-25)35-29(6,30)31)32-28(34)33(8-2)23(5)22(4)15-14-21(3)20-24-12-10-9-11-13-24/h9-19,27H,3,7-8,20H2,1-2,4-6H3,(H,32,34)/b15-14-,23-22+. The Hall–Kier alpha value is -3.41. The van der Waals surface area contributed by atoms with Crippen LogP contribution in [0.25, 0.3) is 0 Å². The number of nitrogens with zero attached hydrogens (tertiary/aromatic N) is 1. The lowest BCUT2D eigenvalue weighted by atomic mass is 10.0. The molecule has 2 amide bonds. The first-order chi connectivity index (χ1) is 16.5. The van der Waals surface area contributed by atoms with Crippen LogP contribution in [0.2, 0.25) is 0 Å². The number of halogens is 2. The van der Waals surface area contributed by atoms with Gasteiger partial charge in [-0.2, -0.15) is 8.78 Å². The van der Waals surface area contributed by atoms with Gasteiger partial charge >= 0.3 is 12.1 Å². The van der Waals surface area contributed by atoms with Crippen LogP contribution in [0.4, 0.5) is 13.6 Å². The lowest BCUT2D eigenvalue weighted by molar-refractivity contribution is -0.158. The number of carbonyl (C=O) groups excluding carboxylic acids is 1. The highest BCUT2D eigenvalue weighted by atomic mass is 19.3. The first-order valence-corrected chi connectivity index (χ1v) is 11.9. The lowest BCUT2D eigenvalue weighted by Gasteiger charge is -2.27. The number of urea groups is 1. The first-order valence-electron chi connectivity index (χ1n) is 11.9. The van der Waals surface area contributed by atoms with Crippen LogP contribution in [0.15, 0.2) is 90.2 Å². The highest BCUT2D eigenvalue weighted by molar-refractivity contribution is 5.77. The highest BCUT2D eigenvalue weighted by Crippen LogP contribution is 2.25. The van der Waals surface area contributed by atoms with Crippen LogP contribution in [0.3, 0.4) is 0 Å². The molecule has 0 fully saturated rings. The van der Waals surface area contributed by atoms with E-state index in [0.717, 1.165) is 28.8 Å².